The number of carbonyl (C=O) groups excluding carboxylic acids is 1. The SMILES string of the molecule is CC(NSS)C(=O)OC1CCCCC1. The summed E-state index contributed by atoms with van der Waals surface area (Å²) in [5, 5.41) is 0. The number of hydrogen-bond donors (Lipinski definition) is 2. The van der Waals surface area contributed by atoms with Gasteiger partial charge < -0.3 is 4.74 Å². The van der Waals surface area contributed by atoms with Crippen LogP contribution in [0, 0.1) is 0 Å². The summed E-state index contributed by atoms with van der Waals surface area (Å²) in [6, 6.07) is -0.278. The van der Waals surface area contributed by atoms with Gasteiger partial charge in [0, 0.05) is 0 Å². The Morgan fingerprint density at radius 3 is 2.71 bits per heavy atom. The Morgan fingerprint density at radius 1 is 1.50 bits per heavy atom. The molecule has 0 bridgehead atoms. The minimum absolute atomic E-state index is 0.144. The molecular formula is C9H17NO2S2. The van der Waals surface area contributed by atoms with E-state index in [0.717, 1.165) is 23.8 Å². The second kappa shape index (κ2) is 6.58. The van der Waals surface area contributed by atoms with Crippen LogP contribution in [0.25, 0.3) is 0 Å². The van der Waals surface area contributed by atoms with Gasteiger partial charge in [-0.25, -0.2) is 4.72 Å². The fourth-order valence-electron chi connectivity index (χ4n) is 1.58. The number of ether oxygens (including phenoxy) is 1. The average Bonchev–Trinajstić information content (AvgIpc) is 2.19. The van der Waals surface area contributed by atoms with Crippen LogP contribution in [0.4, 0.5) is 0 Å². The van der Waals surface area contributed by atoms with Crippen molar-refractivity contribution in [3.8, 4) is 0 Å². The quantitative estimate of drug-likeness (QED) is 0.339. The number of rotatable bonds is 4. The van der Waals surface area contributed by atoms with Crippen LogP contribution >= 0.6 is 22.6 Å². The van der Waals surface area contributed by atoms with Gasteiger partial charge >= 0.3 is 5.97 Å². The van der Waals surface area contributed by atoms with E-state index in [4.69, 9.17) is 4.74 Å². The molecule has 3 nitrogen and oxygen atoms in total. The molecule has 0 saturated heterocycles. The first-order valence-electron chi connectivity index (χ1n) is 5.00. The Bertz CT molecular complexity index is 184. The molecule has 0 heterocycles. The Kier molecular flexibility index (Phi) is 5.74. The number of nitrogens with one attached hydrogen (secondary N) is 1. The Morgan fingerprint density at radius 2 is 2.14 bits per heavy atom. The summed E-state index contributed by atoms with van der Waals surface area (Å²) in [5.74, 6) is -0.168. The van der Waals surface area contributed by atoms with Crippen molar-refractivity contribution in [2.24, 2.45) is 0 Å². The first-order chi connectivity index (χ1) is 6.74. The van der Waals surface area contributed by atoms with Crippen molar-refractivity contribution < 1.29 is 9.53 Å². The molecule has 1 N–H and O–H groups in total. The van der Waals surface area contributed by atoms with Crippen LogP contribution in [-0.2, 0) is 9.53 Å². The van der Waals surface area contributed by atoms with Crippen LogP contribution in [0.3, 0.4) is 0 Å². The molecule has 0 spiro atoms. The van der Waals surface area contributed by atoms with Gasteiger partial charge in [-0.05, 0) is 43.6 Å². The third-order valence-corrected chi connectivity index (χ3v) is 3.19. The number of thiol groups is 1. The fourth-order valence-corrected chi connectivity index (χ4v) is 2.31. The number of esters is 1. The highest BCUT2D eigenvalue weighted by Crippen LogP contribution is 2.20. The molecule has 1 aliphatic rings. The van der Waals surface area contributed by atoms with Crippen molar-refractivity contribution in [2.75, 3.05) is 0 Å². The molecule has 0 aliphatic heterocycles. The van der Waals surface area contributed by atoms with E-state index < -0.39 is 0 Å². The zero-order valence-electron chi connectivity index (χ0n) is 8.36. The highest BCUT2D eigenvalue weighted by molar-refractivity contribution is 8.67. The maximum absolute atomic E-state index is 11.5. The van der Waals surface area contributed by atoms with Gasteiger partial charge in [-0.1, -0.05) is 18.1 Å². The minimum atomic E-state index is -0.278. The summed E-state index contributed by atoms with van der Waals surface area (Å²) in [6.45, 7) is 1.79. The van der Waals surface area contributed by atoms with Gasteiger partial charge in [-0.3, -0.25) is 4.79 Å². The number of carbonyl (C=O) groups is 1. The summed E-state index contributed by atoms with van der Waals surface area (Å²) in [6.07, 6.45) is 5.82. The smallest absolute Gasteiger partial charge is 0.324 e. The van der Waals surface area contributed by atoms with Gasteiger partial charge in [0.25, 0.3) is 0 Å². The van der Waals surface area contributed by atoms with Gasteiger partial charge in [-0.15, -0.1) is 0 Å². The molecule has 0 aromatic carbocycles. The monoisotopic (exact) mass is 235 g/mol. The topological polar surface area (TPSA) is 38.3 Å². The lowest BCUT2D eigenvalue weighted by Gasteiger charge is -2.23. The molecule has 1 saturated carbocycles. The van der Waals surface area contributed by atoms with E-state index in [1.54, 1.807) is 6.92 Å². The summed E-state index contributed by atoms with van der Waals surface area (Å²) >= 11 is 3.92. The summed E-state index contributed by atoms with van der Waals surface area (Å²) < 4.78 is 8.20. The summed E-state index contributed by atoms with van der Waals surface area (Å²) in [4.78, 5) is 11.5. The highest BCUT2D eigenvalue weighted by atomic mass is 33.1. The molecule has 0 aromatic rings. The second-order valence-electron chi connectivity index (χ2n) is 3.63. The van der Waals surface area contributed by atoms with E-state index in [1.165, 1.54) is 19.3 Å². The van der Waals surface area contributed by atoms with E-state index in [2.05, 4.69) is 16.4 Å². The van der Waals surface area contributed by atoms with E-state index in [1.807, 2.05) is 0 Å². The van der Waals surface area contributed by atoms with Crippen molar-refractivity contribution >= 4 is 28.6 Å². The highest BCUT2D eigenvalue weighted by Gasteiger charge is 2.21. The van der Waals surface area contributed by atoms with E-state index in [0.29, 0.717) is 0 Å². The lowest BCUT2D eigenvalue weighted by atomic mass is 9.98. The molecule has 0 amide bonds. The zero-order chi connectivity index (χ0) is 10.4. The minimum Gasteiger partial charge on any atom is -0.461 e. The molecule has 1 rings (SSSR count). The first-order valence-corrected chi connectivity index (χ1v) is 6.87. The molecule has 1 atom stereocenters. The lowest BCUT2D eigenvalue weighted by Crippen LogP contribution is -2.34. The third kappa shape index (κ3) is 4.11. The number of hydrogen-bond acceptors (Lipinski definition) is 5. The van der Waals surface area contributed by atoms with Gasteiger partial charge in [0.05, 0.1) is 0 Å². The first kappa shape index (κ1) is 12.2. The van der Waals surface area contributed by atoms with Crippen molar-refractivity contribution in [2.45, 2.75) is 51.2 Å². The van der Waals surface area contributed by atoms with Gasteiger partial charge in [0.15, 0.2) is 0 Å². The molecule has 1 fully saturated rings. The van der Waals surface area contributed by atoms with Crippen LogP contribution in [0.2, 0.25) is 0 Å². The van der Waals surface area contributed by atoms with Crippen LogP contribution in [0.15, 0.2) is 0 Å². The van der Waals surface area contributed by atoms with Crippen LogP contribution in [-0.4, -0.2) is 18.1 Å². The molecule has 1 unspecified atom stereocenters. The van der Waals surface area contributed by atoms with E-state index in [9.17, 15) is 4.79 Å². The van der Waals surface area contributed by atoms with Gasteiger partial charge in [-0.2, -0.15) is 0 Å². The molecule has 0 radical (unpaired) electrons. The van der Waals surface area contributed by atoms with Crippen molar-refractivity contribution in [1.29, 1.82) is 0 Å². The Balaban J connectivity index is 2.24. The van der Waals surface area contributed by atoms with Gasteiger partial charge in [0.1, 0.15) is 12.1 Å². The average molecular weight is 235 g/mol. The normalized spacial score (nSPS) is 20.4. The summed E-state index contributed by atoms with van der Waals surface area (Å²) in [5.41, 5.74) is 0. The van der Waals surface area contributed by atoms with Crippen LogP contribution in [0.1, 0.15) is 39.0 Å². The molecule has 1 aliphatic carbocycles. The second-order valence-corrected chi connectivity index (χ2v) is 4.59. The summed E-state index contributed by atoms with van der Waals surface area (Å²) in [7, 11) is 1.14. The molecule has 14 heavy (non-hydrogen) atoms. The standard InChI is InChI=1S/C9H17NO2S2/c1-7(10-14-13)9(11)12-8-5-3-2-4-6-8/h7-8,10,13H,2-6H2,1H3. The Hall–Kier alpha value is 0.130. The zero-order valence-corrected chi connectivity index (χ0v) is 10.1. The third-order valence-electron chi connectivity index (χ3n) is 2.42. The van der Waals surface area contributed by atoms with Crippen molar-refractivity contribution in [3.05, 3.63) is 0 Å². The molecule has 0 aromatic heterocycles. The largest absolute Gasteiger partial charge is 0.461 e. The van der Waals surface area contributed by atoms with Crippen molar-refractivity contribution in [3.63, 3.8) is 0 Å². The lowest BCUT2D eigenvalue weighted by molar-refractivity contribution is -0.152. The molecular weight excluding hydrogens is 218 g/mol. The van der Waals surface area contributed by atoms with E-state index in [-0.39, 0.29) is 18.1 Å². The van der Waals surface area contributed by atoms with Crippen LogP contribution < -0.4 is 4.72 Å². The predicted octanol–water partition coefficient (Wildman–Crippen LogP) is 2.33. The maximum Gasteiger partial charge on any atom is 0.324 e. The molecule has 82 valence electrons. The van der Waals surface area contributed by atoms with Crippen LogP contribution in [0.5, 0.6) is 0 Å². The molecule has 5 heteroatoms. The van der Waals surface area contributed by atoms with Crippen molar-refractivity contribution in [1.82, 2.24) is 4.72 Å². The van der Waals surface area contributed by atoms with Gasteiger partial charge in [0.2, 0.25) is 0 Å². The predicted molar refractivity (Wildman–Crippen MR) is 62.1 cm³/mol. The fraction of sp³-hybridized carbons (Fsp3) is 0.889. The maximum atomic E-state index is 11.5. The Labute approximate surface area is 94.3 Å². The van der Waals surface area contributed by atoms with E-state index >= 15 is 0 Å².